The molecule has 5 heteroatoms. The number of likely N-dealkylation sites (N-methyl/N-ethyl adjacent to an activating group) is 1. The molecule has 0 fully saturated rings. The molecule has 0 aliphatic carbocycles. The molecule has 1 aromatic rings. The second-order valence-corrected chi connectivity index (χ2v) is 3.77. The molecule has 0 bridgehead atoms. The summed E-state index contributed by atoms with van der Waals surface area (Å²) in [5.74, 6) is 0.810. The second-order valence-electron chi connectivity index (χ2n) is 2.95. The van der Waals surface area contributed by atoms with Gasteiger partial charge in [-0.1, -0.05) is 0 Å². The van der Waals surface area contributed by atoms with Crippen LogP contribution in [-0.2, 0) is 0 Å². The molecule has 0 aliphatic heterocycles. The normalized spacial score (nSPS) is 10.5. The minimum absolute atomic E-state index is 0.755. The van der Waals surface area contributed by atoms with Gasteiger partial charge < -0.3 is 10.2 Å². The SMILES string of the molecule is CN(C)CCNc1cnc(Br)cn1. The molecule has 0 radical (unpaired) electrons. The van der Waals surface area contributed by atoms with Gasteiger partial charge in [-0.3, -0.25) is 0 Å². The van der Waals surface area contributed by atoms with Crippen LogP contribution >= 0.6 is 15.9 Å². The average Bonchev–Trinajstić information content (AvgIpc) is 2.08. The van der Waals surface area contributed by atoms with Gasteiger partial charge in [0.15, 0.2) is 0 Å². The van der Waals surface area contributed by atoms with Gasteiger partial charge in [0.25, 0.3) is 0 Å². The van der Waals surface area contributed by atoms with Crippen LogP contribution < -0.4 is 5.32 Å². The van der Waals surface area contributed by atoms with Crippen LogP contribution in [0.5, 0.6) is 0 Å². The maximum atomic E-state index is 4.14. The van der Waals surface area contributed by atoms with Crippen LogP contribution in [0, 0.1) is 0 Å². The molecule has 0 unspecified atom stereocenters. The molecule has 1 aromatic heterocycles. The van der Waals surface area contributed by atoms with E-state index < -0.39 is 0 Å². The highest BCUT2D eigenvalue weighted by Gasteiger charge is 1.94. The van der Waals surface area contributed by atoms with Crippen LogP contribution in [0.2, 0.25) is 0 Å². The highest BCUT2D eigenvalue weighted by atomic mass is 79.9. The summed E-state index contributed by atoms with van der Waals surface area (Å²) in [7, 11) is 4.07. The zero-order chi connectivity index (χ0) is 9.68. The van der Waals surface area contributed by atoms with E-state index in [1.807, 2.05) is 14.1 Å². The second kappa shape index (κ2) is 5.14. The third kappa shape index (κ3) is 4.19. The Balaban J connectivity index is 2.33. The van der Waals surface area contributed by atoms with Crippen molar-refractivity contribution in [2.24, 2.45) is 0 Å². The quantitative estimate of drug-likeness (QED) is 0.865. The van der Waals surface area contributed by atoms with Crippen molar-refractivity contribution in [1.82, 2.24) is 14.9 Å². The Kier molecular flexibility index (Phi) is 4.11. The fourth-order valence-corrected chi connectivity index (χ4v) is 1.02. The third-order valence-corrected chi connectivity index (χ3v) is 1.89. The van der Waals surface area contributed by atoms with Crippen molar-refractivity contribution in [2.45, 2.75) is 0 Å². The summed E-state index contributed by atoms with van der Waals surface area (Å²) in [6.07, 6.45) is 3.39. The molecule has 4 nitrogen and oxygen atoms in total. The lowest BCUT2D eigenvalue weighted by Crippen LogP contribution is -2.21. The molecule has 1 rings (SSSR count). The number of nitrogens with one attached hydrogen (secondary N) is 1. The number of aromatic nitrogens is 2. The van der Waals surface area contributed by atoms with Crippen LogP contribution in [0.3, 0.4) is 0 Å². The van der Waals surface area contributed by atoms with Crippen molar-refractivity contribution in [1.29, 1.82) is 0 Å². The van der Waals surface area contributed by atoms with E-state index in [4.69, 9.17) is 0 Å². The molecule has 72 valence electrons. The molecule has 0 aromatic carbocycles. The Morgan fingerprint density at radius 1 is 1.38 bits per heavy atom. The molecule has 13 heavy (non-hydrogen) atoms. The Morgan fingerprint density at radius 3 is 2.69 bits per heavy atom. The molecular formula is C8H13BrN4. The predicted molar refractivity (Wildman–Crippen MR) is 56.8 cm³/mol. The lowest BCUT2D eigenvalue weighted by molar-refractivity contribution is 0.425. The van der Waals surface area contributed by atoms with Crippen LogP contribution in [0.25, 0.3) is 0 Å². The van der Waals surface area contributed by atoms with Crippen molar-refractivity contribution >= 4 is 21.7 Å². The van der Waals surface area contributed by atoms with Gasteiger partial charge in [-0.25, -0.2) is 9.97 Å². The molecule has 0 amide bonds. The van der Waals surface area contributed by atoms with E-state index in [1.165, 1.54) is 0 Å². The lowest BCUT2D eigenvalue weighted by Gasteiger charge is -2.10. The number of nitrogens with zero attached hydrogens (tertiary/aromatic N) is 3. The first-order valence-electron chi connectivity index (χ1n) is 4.04. The Hall–Kier alpha value is -0.680. The maximum absolute atomic E-state index is 4.14. The molecule has 0 saturated carbocycles. The van der Waals surface area contributed by atoms with E-state index in [-0.39, 0.29) is 0 Å². The minimum Gasteiger partial charge on any atom is -0.368 e. The van der Waals surface area contributed by atoms with Crippen molar-refractivity contribution in [3.8, 4) is 0 Å². The summed E-state index contributed by atoms with van der Waals surface area (Å²) in [5, 5.41) is 3.17. The lowest BCUT2D eigenvalue weighted by atomic mass is 10.5. The number of halogens is 1. The van der Waals surface area contributed by atoms with Crippen molar-refractivity contribution < 1.29 is 0 Å². The fourth-order valence-electron chi connectivity index (χ4n) is 0.811. The average molecular weight is 245 g/mol. The predicted octanol–water partition coefficient (Wildman–Crippen LogP) is 1.21. The van der Waals surface area contributed by atoms with Gasteiger partial charge in [0.2, 0.25) is 0 Å². The van der Waals surface area contributed by atoms with E-state index in [9.17, 15) is 0 Å². The molecule has 0 spiro atoms. The van der Waals surface area contributed by atoms with E-state index in [0.29, 0.717) is 0 Å². The zero-order valence-electron chi connectivity index (χ0n) is 7.79. The summed E-state index contributed by atoms with van der Waals surface area (Å²) in [6.45, 7) is 1.86. The van der Waals surface area contributed by atoms with Gasteiger partial charge >= 0.3 is 0 Å². The van der Waals surface area contributed by atoms with Gasteiger partial charge in [0, 0.05) is 13.1 Å². The highest BCUT2D eigenvalue weighted by molar-refractivity contribution is 9.10. The summed E-state index contributed by atoms with van der Waals surface area (Å²) < 4.78 is 0.755. The monoisotopic (exact) mass is 244 g/mol. The summed E-state index contributed by atoms with van der Waals surface area (Å²) in [4.78, 5) is 10.3. The maximum Gasteiger partial charge on any atom is 0.144 e. The van der Waals surface area contributed by atoms with Crippen molar-refractivity contribution in [3.63, 3.8) is 0 Å². The van der Waals surface area contributed by atoms with Gasteiger partial charge in [-0.15, -0.1) is 0 Å². The van der Waals surface area contributed by atoms with Crippen molar-refractivity contribution in [3.05, 3.63) is 17.0 Å². The Morgan fingerprint density at radius 2 is 2.15 bits per heavy atom. The van der Waals surface area contributed by atoms with Crippen molar-refractivity contribution in [2.75, 3.05) is 32.5 Å². The summed E-state index contributed by atoms with van der Waals surface area (Å²) in [5.41, 5.74) is 0. The first kappa shape index (κ1) is 10.4. The molecule has 0 atom stereocenters. The van der Waals surface area contributed by atoms with E-state index in [2.05, 4.69) is 36.1 Å². The number of anilines is 1. The molecule has 0 saturated heterocycles. The molecule has 0 aliphatic rings. The summed E-state index contributed by atoms with van der Waals surface area (Å²) >= 11 is 3.23. The smallest absolute Gasteiger partial charge is 0.144 e. The number of hydrogen-bond donors (Lipinski definition) is 1. The highest BCUT2D eigenvalue weighted by Crippen LogP contribution is 2.05. The fraction of sp³-hybridized carbons (Fsp3) is 0.500. The Labute approximate surface area is 86.5 Å². The topological polar surface area (TPSA) is 41.0 Å². The molecular weight excluding hydrogens is 232 g/mol. The number of rotatable bonds is 4. The first-order chi connectivity index (χ1) is 6.18. The van der Waals surface area contributed by atoms with Crippen LogP contribution in [0.1, 0.15) is 0 Å². The minimum atomic E-state index is 0.755. The van der Waals surface area contributed by atoms with Crippen LogP contribution in [0.4, 0.5) is 5.82 Å². The molecule has 1 N–H and O–H groups in total. The van der Waals surface area contributed by atoms with Gasteiger partial charge in [0.1, 0.15) is 10.4 Å². The largest absolute Gasteiger partial charge is 0.368 e. The molecule has 1 heterocycles. The van der Waals surface area contributed by atoms with E-state index in [0.717, 1.165) is 23.5 Å². The van der Waals surface area contributed by atoms with Crippen LogP contribution in [0.15, 0.2) is 17.0 Å². The zero-order valence-corrected chi connectivity index (χ0v) is 9.37. The Bertz CT molecular complexity index is 247. The van der Waals surface area contributed by atoms with Crippen LogP contribution in [-0.4, -0.2) is 42.1 Å². The third-order valence-electron chi connectivity index (χ3n) is 1.49. The number of hydrogen-bond acceptors (Lipinski definition) is 4. The first-order valence-corrected chi connectivity index (χ1v) is 4.84. The van der Waals surface area contributed by atoms with Gasteiger partial charge in [0.05, 0.1) is 12.4 Å². The van der Waals surface area contributed by atoms with E-state index in [1.54, 1.807) is 12.4 Å². The summed E-state index contributed by atoms with van der Waals surface area (Å²) in [6, 6.07) is 0. The van der Waals surface area contributed by atoms with Gasteiger partial charge in [-0.05, 0) is 30.0 Å². The standard InChI is InChI=1S/C8H13BrN4/c1-13(2)4-3-10-8-6-11-7(9)5-12-8/h5-6H,3-4H2,1-2H3,(H,10,12). The van der Waals surface area contributed by atoms with E-state index >= 15 is 0 Å². The van der Waals surface area contributed by atoms with Gasteiger partial charge in [-0.2, -0.15) is 0 Å².